The zero-order valence-electron chi connectivity index (χ0n) is 19.4. The first-order chi connectivity index (χ1) is 17.8. The normalized spacial score (nSPS) is 18.7. The Labute approximate surface area is 241 Å². The highest BCUT2D eigenvalue weighted by Gasteiger charge is 2.50. The number of alkyl halides is 6. The minimum absolute atomic E-state index is 0.00989. The maximum absolute atomic E-state index is 10.7. The van der Waals surface area contributed by atoms with E-state index in [1.54, 1.807) is 14.3 Å². The number of rotatable bonds is 5. The summed E-state index contributed by atoms with van der Waals surface area (Å²) in [6, 6.07) is 19.8. The fraction of sp³-hybridized carbons (Fsp3) is 0.273. The molecule has 7 nitrogen and oxygen atoms in total. The van der Waals surface area contributed by atoms with E-state index in [0.29, 0.717) is 0 Å². The maximum Gasteiger partial charge on any atom is 0.485 e. The molecule has 2 aliphatic carbocycles. The Morgan fingerprint density at radius 3 is 1.41 bits per heavy atom. The van der Waals surface area contributed by atoms with E-state index in [4.69, 9.17) is 30.7 Å². The molecule has 39 heavy (non-hydrogen) atoms. The van der Waals surface area contributed by atoms with Gasteiger partial charge in [0.05, 0.1) is 18.9 Å². The number of allylic oxidation sites excluding steroid dienone is 4. The van der Waals surface area contributed by atoms with Crippen molar-refractivity contribution >= 4 is 20.2 Å². The molecule has 0 aromatic heterocycles. The summed E-state index contributed by atoms with van der Waals surface area (Å²) in [5.41, 5.74) is -11.3. The van der Waals surface area contributed by atoms with Gasteiger partial charge in [0.2, 0.25) is 7.16 Å². The lowest BCUT2D eigenvalue weighted by atomic mass is 10.2. The predicted octanol–water partition coefficient (Wildman–Crippen LogP) is -1.57. The van der Waals surface area contributed by atoms with Gasteiger partial charge in [-0.05, 0) is 42.8 Å². The van der Waals surface area contributed by atoms with E-state index < -0.39 is 31.3 Å². The van der Waals surface area contributed by atoms with E-state index >= 15 is 0 Å². The Kier molecular flexibility index (Phi) is 11.7. The molecule has 0 aliphatic heterocycles. The fourth-order valence-corrected chi connectivity index (χ4v) is 10.2. The molecular formula is C22H18F6I2O7S2. The summed E-state index contributed by atoms with van der Waals surface area (Å²) in [4.78, 5) is 0. The summed E-state index contributed by atoms with van der Waals surface area (Å²) in [6.45, 7) is 0. The Balaban J connectivity index is 0.000000277. The van der Waals surface area contributed by atoms with Crippen molar-refractivity contribution in [1.29, 1.82) is 0 Å². The van der Waals surface area contributed by atoms with Crippen LogP contribution in [-0.2, 0) is 20.2 Å². The Morgan fingerprint density at radius 1 is 0.718 bits per heavy atom. The first kappa shape index (κ1) is 33.8. The van der Waals surface area contributed by atoms with Gasteiger partial charge in [-0.25, -0.2) is 16.8 Å². The molecule has 2 aromatic rings. The highest BCUT2D eigenvalue weighted by atomic mass is 127. The lowest BCUT2D eigenvalue weighted by molar-refractivity contribution is -0.622. The van der Waals surface area contributed by atoms with Crippen LogP contribution in [0.1, 0.15) is 6.42 Å². The summed E-state index contributed by atoms with van der Waals surface area (Å²) in [5, 5.41) is 0. The van der Waals surface area contributed by atoms with Crippen molar-refractivity contribution in [1.82, 2.24) is 0 Å². The average Bonchev–Trinajstić information content (AvgIpc) is 3.41. The molecule has 0 amide bonds. The highest BCUT2D eigenvalue weighted by Crippen LogP contribution is 2.36. The minimum atomic E-state index is -6.09. The number of hydrogen-bond acceptors (Lipinski definition) is 7. The van der Waals surface area contributed by atoms with Crippen LogP contribution in [0, 0.1) is 19.0 Å². The predicted molar refractivity (Wildman–Crippen MR) is 116 cm³/mol. The topological polar surface area (TPSA) is 124 Å². The van der Waals surface area contributed by atoms with E-state index in [1.165, 1.54) is 9.99 Å². The number of hydrogen-bond donors (Lipinski definition) is 0. The smallest absolute Gasteiger partial charge is 0.485 e. The van der Waals surface area contributed by atoms with Gasteiger partial charge in [0.15, 0.2) is 27.4 Å². The Hall–Kier alpha value is -1.42. The van der Waals surface area contributed by atoms with Gasteiger partial charge in [0.1, 0.15) is 5.75 Å². The van der Waals surface area contributed by atoms with Crippen LogP contribution in [0.5, 0.6) is 5.75 Å². The van der Waals surface area contributed by atoms with E-state index in [1.807, 2.05) is 3.58 Å². The molecule has 17 heteroatoms. The van der Waals surface area contributed by atoms with E-state index in [-0.39, 0.29) is 42.4 Å². The molecule has 4 rings (SSSR count). The average molecular weight is 826 g/mol. The molecule has 0 spiro atoms. The third-order valence-corrected chi connectivity index (χ3v) is 13.5. The quantitative estimate of drug-likeness (QED) is 0.118. The SMILES string of the molecule is COc1ccc([I+]C2=C([I+]c3ccccc3)C3C=CC2C3)cc1.O=S(=O)([O-])C(F)(F)F.O=S(=O)([O-])C(F)(F)F. The maximum atomic E-state index is 10.7. The standard InChI is InChI=1S/C20H18I2O.2CHF3O3S/c1-23-18-11-9-17(10-12-18)22-20-15-8-7-14(13-15)19(20)21-16-5-3-2-4-6-16;2*2-1(3,4)8(5,6)7/h2-12,14-15H,13H2,1H3;2*(H,5,6,7)/q+2;;/p-2. The number of fused-ring (bicyclic) bond motifs is 2. The van der Waals surface area contributed by atoms with E-state index in [9.17, 15) is 26.3 Å². The zero-order valence-corrected chi connectivity index (χ0v) is 25.4. The Bertz CT molecular complexity index is 1350. The van der Waals surface area contributed by atoms with Crippen molar-refractivity contribution in [3.63, 3.8) is 0 Å². The van der Waals surface area contributed by atoms with Gasteiger partial charge >= 0.3 is 53.4 Å². The molecule has 0 heterocycles. The van der Waals surface area contributed by atoms with Crippen LogP contribution >= 0.6 is 0 Å². The summed E-state index contributed by atoms with van der Waals surface area (Å²) in [6.07, 6.45) is 6.26. The molecule has 2 bridgehead atoms. The summed E-state index contributed by atoms with van der Waals surface area (Å²) in [7, 11) is -10.4. The van der Waals surface area contributed by atoms with Crippen molar-refractivity contribution < 1.29 is 99.4 Å². The second kappa shape index (κ2) is 13.5. The molecular weight excluding hydrogens is 808 g/mol. The van der Waals surface area contributed by atoms with Crippen molar-refractivity contribution in [3.05, 3.63) is 81.0 Å². The molecule has 0 radical (unpaired) electrons. The number of methoxy groups -OCH3 is 1. The van der Waals surface area contributed by atoms with Gasteiger partial charge < -0.3 is 13.8 Å². The van der Waals surface area contributed by atoms with Crippen molar-refractivity contribution in [3.8, 4) is 5.75 Å². The van der Waals surface area contributed by atoms with Crippen LogP contribution in [0.2, 0.25) is 0 Å². The van der Waals surface area contributed by atoms with Crippen LogP contribution in [0.25, 0.3) is 0 Å². The van der Waals surface area contributed by atoms with E-state index in [2.05, 4.69) is 66.7 Å². The van der Waals surface area contributed by atoms with Gasteiger partial charge in [0, 0.05) is 0 Å². The zero-order chi connectivity index (χ0) is 29.6. The number of benzene rings is 2. The number of halogens is 8. The molecule has 0 fully saturated rings. The lowest BCUT2D eigenvalue weighted by Gasteiger charge is -2.08. The van der Waals surface area contributed by atoms with Gasteiger partial charge in [-0.1, -0.05) is 30.4 Å². The molecule has 2 aromatic carbocycles. The van der Waals surface area contributed by atoms with Crippen LogP contribution < -0.4 is 47.1 Å². The molecule has 2 unspecified atom stereocenters. The third-order valence-electron chi connectivity index (χ3n) is 4.73. The minimum Gasteiger partial charge on any atom is -0.741 e. The van der Waals surface area contributed by atoms with Crippen molar-refractivity contribution in [2.45, 2.75) is 17.4 Å². The largest absolute Gasteiger partial charge is 0.741 e. The molecule has 0 saturated carbocycles. The molecule has 216 valence electrons. The van der Waals surface area contributed by atoms with Gasteiger partial charge in [-0.2, -0.15) is 26.3 Å². The van der Waals surface area contributed by atoms with Crippen LogP contribution in [0.4, 0.5) is 26.3 Å². The second-order valence-corrected chi connectivity index (χ2v) is 16.1. The lowest BCUT2D eigenvalue weighted by Crippen LogP contribution is -3.66. The van der Waals surface area contributed by atoms with Crippen LogP contribution in [-0.4, -0.2) is 44.1 Å². The molecule has 2 aliphatic rings. The summed E-state index contributed by atoms with van der Waals surface area (Å²) < 4.78 is 130. The second-order valence-electron chi connectivity index (χ2n) is 7.47. The summed E-state index contributed by atoms with van der Waals surface area (Å²) >= 11 is -0.0591. The van der Waals surface area contributed by atoms with Crippen LogP contribution in [0.3, 0.4) is 0 Å². The third kappa shape index (κ3) is 10.2. The fourth-order valence-electron chi connectivity index (χ4n) is 3.01. The molecule has 0 N–H and O–H groups in total. The van der Waals surface area contributed by atoms with Gasteiger partial charge in [-0.3, -0.25) is 0 Å². The van der Waals surface area contributed by atoms with Gasteiger partial charge in [0.25, 0.3) is 0 Å². The van der Waals surface area contributed by atoms with Gasteiger partial charge in [-0.15, -0.1) is 0 Å². The Morgan fingerprint density at radius 2 is 1.08 bits per heavy atom. The van der Waals surface area contributed by atoms with Crippen molar-refractivity contribution in [2.24, 2.45) is 11.8 Å². The molecule has 2 atom stereocenters. The van der Waals surface area contributed by atoms with Crippen LogP contribution in [0.15, 0.2) is 73.9 Å². The van der Waals surface area contributed by atoms with E-state index in [0.717, 1.165) is 17.6 Å². The molecule has 0 saturated heterocycles. The summed E-state index contributed by atoms with van der Waals surface area (Å²) in [5.74, 6) is 2.42. The van der Waals surface area contributed by atoms with Crippen molar-refractivity contribution in [2.75, 3.05) is 7.11 Å². The first-order valence-corrected chi connectivity index (χ1v) is 17.4. The monoisotopic (exact) mass is 826 g/mol. The highest BCUT2D eigenvalue weighted by molar-refractivity contribution is 7.86. The number of ether oxygens (including phenoxy) is 1. The first-order valence-electron chi connectivity index (χ1n) is 10.3.